The summed E-state index contributed by atoms with van der Waals surface area (Å²) in [4.78, 5) is 22.5. The van der Waals surface area contributed by atoms with Crippen LogP contribution in [-0.2, 0) is 14.3 Å². The third-order valence-electron chi connectivity index (χ3n) is 2.29. The van der Waals surface area contributed by atoms with Crippen LogP contribution in [-0.4, -0.2) is 18.4 Å². The molecule has 0 aromatic rings. The number of esters is 1. The van der Waals surface area contributed by atoms with Crippen LogP contribution in [0.15, 0.2) is 0 Å². The van der Waals surface area contributed by atoms with Gasteiger partial charge in [-0.1, -0.05) is 6.92 Å². The third-order valence-corrected chi connectivity index (χ3v) is 2.29. The molecule has 0 aromatic carbocycles. The van der Waals surface area contributed by atoms with Crippen molar-refractivity contribution < 1.29 is 14.3 Å². The predicted molar refractivity (Wildman–Crippen MR) is 43.5 cm³/mol. The number of ether oxygens (including phenoxy) is 1. The number of carbonyl (C=O) groups excluding carboxylic acids is 2. The van der Waals surface area contributed by atoms with Gasteiger partial charge in [-0.05, 0) is 19.8 Å². The summed E-state index contributed by atoms with van der Waals surface area (Å²) in [7, 11) is 0. The van der Waals surface area contributed by atoms with Gasteiger partial charge in [0.2, 0.25) is 0 Å². The Balaban J connectivity index is 2.53. The largest absolute Gasteiger partial charge is 0.465 e. The Kier molecular flexibility index (Phi) is 2.84. The fourth-order valence-electron chi connectivity index (χ4n) is 1.52. The minimum Gasteiger partial charge on any atom is -0.465 e. The minimum atomic E-state index is -0.472. The first-order chi connectivity index (χ1) is 5.66. The lowest BCUT2D eigenvalue weighted by molar-refractivity contribution is -0.150. The number of ketones is 1. The lowest BCUT2D eigenvalue weighted by Gasteiger charge is -2.06. The summed E-state index contributed by atoms with van der Waals surface area (Å²) in [5, 5.41) is 0. The van der Waals surface area contributed by atoms with Gasteiger partial charge >= 0.3 is 5.97 Å². The molecule has 0 aromatic heterocycles. The van der Waals surface area contributed by atoms with Crippen molar-refractivity contribution in [2.75, 3.05) is 6.61 Å². The molecule has 12 heavy (non-hydrogen) atoms. The fourth-order valence-corrected chi connectivity index (χ4v) is 1.52. The molecule has 1 aliphatic rings. The number of hydrogen-bond acceptors (Lipinski definition) is 3. The maximum Gasteiger partial charge on any atom is 0.316 e. The Bertz CT molecular complexity index is 198. The second kappa shape index (κ2) is 3.70. The van der Waals surface area contributed by atoms with Gasteiger partial charge in [0, 0.05) is 5.92 Å². The normalized spacial score (nSPS) is 29.0. The van der Waals surface area contributed by atoms with Gasteiger partial charge in [0.1, 0.15) is 11.7 Å². The maximum absolute atomic E-state index is 11.3. The average Bonchev–Trinajstić information content (AvgIpc) is 2.34. The summed E-state index contributed by atoms with van der Waals surface area (Å²) in [5.74, 6) is -0.723. The quantitative estimate of drug-likeness (QED) is 0.461. The van der Waals surface area contributed by atoms with E-state index < -0.39 is 5.92 Å². The van der Waals surface area contributed by atoms with Crippen LogP contribution in [0, 0.1) is 11.8 Å². The topological polar surface area (TPSA) is 43.4 Å². The third kappa shape index (κ3) is 1.65. The van der Waals surface area contributed by atoms with E-state index in [2.05, 4.69) is 0 Å². The summed E-state index contributed by atoms with van der Waals surface area (Å²) in [6, 6.07) is 0. The maximum atomic E-state index is 11.3. The van der Waals surface area contributed by atoms with Crippen LogP contribution in [0.1, 0.15) is 26.7 Å². The molecular formula is C9H14O3. The van der Waals surface area contributed by atoms with E-state index in [4.69, 9.17) is 4.74 Å². The van der Waals surface area contributed by atoms with Gasteiger partial charge in [0.15, 0.2) is 0 Å². The molecule has 0 saturated heterocycles. The number of carbonyl (C=O) groups is 2. The molecule has 0 heterocycles. The molecule has 1 fully saturated rings. The summed E-state index contributed by atoms with van der Waals surface area (Å²) < 4.78 is 4.78. The van der Waals surface area contributed by atoms with Crippen LogP contribution in [0.4, 0.5) is 0 Å². The van der Waals surface area contributed by atoms with Crippen molar-refractivity contribution >= 4 is 11.8 Å². The van der Waals surface area contributed by atoms with Crippen LogP contribution in [0.5, 0.6) is 0 Å². The van der Waals surface area contributed by atoms with E-state index in [0.717, 1.165) is 6.42 Å². The minimum absolute atomic E-state index is 0.0411. The van der Waals surface area contributed by atoms with Gasteiger partial charge in [0.05, 0.1) is 6.61 Å². The predicted octanol–water partition coefficient (Wildman–Crippen LogP) is 1.16. The first kappa shape index (κ1) is 9.23. The highest BCUT2D eigenvalue weighted by molar-refractivity contribution is 6.01. The number of hydrogen-bond donors (Lipinski definition) is 0. The zero-order valence-corrected chi connectivity index (χ0v) is 7.50. The first-order valence-electron chi connectivity index (χ1n) is 4.37. The SMILES string of the molecule is CCOC(=O)C1CCC(C)C1=O. The molecule has 3 heteroatoms. The van der Waals surface area contributed by atoms with Crippen LogP contribution < -0.4 is 0 Å². The second-order valence-electron chi connectivity index (χ2n) is 3.19. The Labute approximate surface area is 72.1 Å². The van der Waals surface area contributed by atoms with Crippen molar-refractivity contribution in [3.05, 3.63) is 0 Å². The van der Waals surface area contributed by atoms with Crippen LogP contribution in [0.2, 0.25) is 0 Å². The van der Waals surface area contributed by atoms with Gasteiger partial charge in [-0.25, -0.2) is 0 Å². The highest BCUT2D eigenvalue weighted by Gasteiger charge is 2.36. The number of rotatable bonds is 2. The van der Waals surface area contributed by atoms with Crippen LogP contribution in [0.3, 0.4) is 0 Å². The molecule has 1 saturated carbocycles. The Morgan fingerprint density at radius 2 is 2.25 bits per heavy atom. The van der Waals surface area contributed by atoms with Crippen LogP contribution in [0.25, 0.3) is 0 Å². The molecule has 1 rings (SSSR count). The first-order valence-corrected chi connectivity index (χ1v) is 4.37. The molecule has 68 valence electrons. The molecular weight excluding hydrogens is 156 g/mol. The van der Waals surface area contributed by atoms with Gasteiger partial charge in [-0.15, -0.1) is 0 Å². The average molecular weight is 170 g/mol. The van der Waals surface area contributed by atoms with Crippen molar-refractivity contribution in [3.8, 4) is 0 Å². The fraction of sp³-hybridized carbons (Fsp3) is 0.778. The van der Waals surface area contributed by atoms with Gasteiger partial charge < -0.3 is 4.74 Å². The highest BCUT2D eigenvalue weighted by atomic mass is 16.5. The van der Waals surface area contributed by atoms with E-state index in [9.17, 15) is 9.59 Å². The van der Waals surface area contributed by atoms with E-state index in [1.54, 1.807) is 6.92 Å². The van der Waals surface area contributed by atoms with Crippen molar-refractivity contribution in [3.63, 3.8) is 0 Å². The van der Waals surface area contributed by atoms with Gasteiger partial charge in [-0.2, -0.15) is 0 Å². The molecule has 0 radical (unpaired) electrons. The molecule has 0 bridgehead atoms. The van der Waals surface area contributed by atoms with Gasteiger partial charge in [0.25, 0.3) is 0 Å². The summed E-state index contributed by atoms with van der Waals surface area (Å²) >= 11 is 0. The Morgan fingerprint density at radius 1 is 1.58 bits per heavy atom. The Morgan fingerprint density at radius 3 is 2.67 bits per heavy atom. The van der Waals surface area contributed by atoms with E-state index in [1.807, 2.05) is 6.92 Å². The molecule has 0 amide bonds. The Hall–Kier alpha value is -0.860. The van der Waals surface area contributed by atoms with Crippen molar-refractivity contribution in [2.24, 2.45) is 11.8 Å². The van der Waals surface area contributed by atoms with Gasteiger partial charge in [-0.3, -0.25) is 9.59 Å². The standard InChI is InChI=1S/C9H14O3/c1-3-12-9(11)7-5-4-6(2)8(7)10/h6-7H,3-5H2,1-2H3. The summed E-state index contributed by atoms with van der Waals surface area (Å²) in [6.07, 6.45) is 1.49. The van der Waals surface area contributed by atoms with Crippen LogP contribution >= 0.6 is 0 Å². The van der Waals surface area contributed by atoms with Crippen molar-refractivity contribution in [2.45, 2.75) is 26.7 Å². The number of Topliss-reactive ketones (excluding diaryl/α,β-unsaturated/α-hetero) is 1. The summed E-state index contributed by atoms with van der Waals surface area (Å²) in [5.41, 5.74) is 0. The highest BCUT2D eigenvalue weighted by Crippen LogP contribution is 2.27. The monoisotopic (exact) mass is 170 g/mol. The van der Waals surface area contributed by atoms with Crippen molar-refractivity contribution in [1.29, 1.82) is 0 Å². The second-order valence-corrected chi connectivity index (χ2v) is 3.19. The van der Waals surface area contributed by atoms with E-state index in [-0.39, 0.29) is 17.7 Å². The smallest absolute Gasteiger partial charge is 0.316 e. The zero-order valence-electron chi connectivity index (χ0n) is 7.50. The molecule has 0 spiro atoms. The molecule has 2 unspecified atom stereocenters. The molecule has 2 atom stereocenters. The molecule has 0 N–H and O–H groups in total. The summed E-state index contributed by atoms with van der Waals surface area (Å²) in [6.45, 7) is 3.97. The van der Waals surface area contributed by atoms with E-state index in [0.29, 0.717) is 13.0 Å². The lowest BCUT2D eigenvalue weighted by atomic mass is 10.1. The zero-order chi connectivity index (χ0) is 9.14. The van der Waals surface area contributed by atoms with E-state index >= 15 is 0 Å². The molecule has 3 nitrogen and oxygen atoms in total. The van der Waals surface area contributed by atoms with E-state index in [1.165, 1.54) is 0 Å². The lowest BCUT2D eigenvalue weighted by Crippen LogP contribution is -2.23. The van der Waals surface area contributed by atoms with Crippen molar-refractivity contribution in [1.82, 2.24) is 0 Å². The molecule has 1 aliphatic carbocycles. The molecule has 0 aliphatic heterocycles.